The second-order valence-corrected chi connectivity index (χ2v) is 5.99. The van der Waals surface area contributed by atoms with Crippen molar-refractivity contribution in [2.45, 2.75) is 58.1 Å². The number of alkyl carbamates (subject to hydrolysis) is 1. The summed E-state index contributed by atoms with van der Waals surface area (Å²) < 4.78 is 5.16. The predicted octanol–water partition coefficient (Wildman–Crippen LogP) is 2.03. The summed E-state index contributed by atoms with van der Waals surface area (Å²) in [5.74, 6) is 0.530. The fraction of sp³-hybridized carbons (Fsp3) is 0.917. The van der Waals surface area contributed by atoms with E-state index in [1.807, 2.05) is 27.7 Å². The van der Waals surface area contributed by atoms with E-state index in [9.17, 15) is 4.79 Å². The molecular weight excluding hydrogens is 204 g/mol. The van der Waals surface area contributed by atoms with Crippen LogP contribution in [0.25, 0.3) is 0 Å². The van der Waals surface area contributed by atoms with Gasteiger partial charge in [-0.3, -0.25) is 0 Å². The first-order valence-electron chi connectivity index (χ1n) is 5.96. The second-order valence-electron chi connectivity index (χ2n) is 5.99. The van der Waals surface area contributed by atoms with Crippen LogP contribution < -0.4 is 11.1 Å². The van der Waals surface area contributed by atoms with Crippen LogP contribution in [0.5, 0.6) is 0 Å². The first kappa shape index (κ1) is 13.3. The van der Waals surface area contributed by atoms with Gasteiger partial charge >= 0.3 is 6.09 Å². The third kappa shape index (κ3) is 4.00. The molecule has 4 heteroatoms. The van der Waals surface area contributed by atoms with Gasteiger partial charge in [0.1, 0.15) is 5.60 Å². The van der Waals surface area contributed by atoms with Gasteiger partial charge in [-0.2, -0.15) is 0 Å². The Labute approximate surface area is 97.9 Å². The summed E-state index contributed by atoms with van der Waals surface area (Å²) in [6.07, 6.45) is 3.21. The Morgan fingerprint density at radius 2 is 1.94 bits per heavy atom. The quantitative estimate of drug-likeness (QED) is 0.776. The average Bonchev–Trinajstić information content (AvgIpc) is 1.93. The molecule has 0 bridgehead atoms. The Bertz CT molecular complexity index is 252. The molecule has 1 saturated carbocycles. The first-order valence-corrected chi connectivity index (χ1v) is 5.96. The number of carbonyl (C=O) groups excluding carboxylic acids is 1. The normalized spacial score (nSPS) is 20.8. The number of hydrogen-bond donors (Lipinski definition) is 2. The number of rotatable bonds is 3. The van der Waals surface area contributed by atoms with Gasteiger partial charge in [-0.15, -0.1) is 0 Å². The lowest BCUT2D eigenvalue weighted by Gasteiger charge is -2.40. The third-order valence-electron chi connectivity index (χ3n) is 3.05. The van der Waals surface area contributed by atoms with E-state index in [0.29, 0.717) is 12.5 Å². The van der Waals surface area contributed by atoms with E-state index >= 15 is 0 Å². The highest BCUT2D eigenvalue weighted by atomic mass is 16.6. The molecule has 0 aromatic heterocycles. The molecule has 0 spiro atoms. The van der Waals surface area contributed by atoms with Crippen molar-refractivity contribution in [3.63, 3.8) is 0 Å². The van der Waals surface area contributed by atoms with Crippen LogP contribution in [0.4, 0.5) is 4.79 Å². The van der Waals surface area contributed by atoms with Crippen LogP contribution >= 0.6 is 0 Å². The fourth-order valence-electron chi connectivity index (χ4n) is 1.79. The van der Waals surface area contributed by atoms with E-state index in [4.69, 9.17) is 10.5 Å². The van der Waals surface area contributed by atoms with Crippen molar-refractivity contribution in [1.29, 1.82) is 0 Å². The van der Waals surface area contributed by atoms with Gasteiger partial charge in [0.05, 0.1) is 0 Å². The third-order valence-corrected chi connectivity index (χ3v) is 3.05. The van der Waals surface area contributed by atoms with E-state index < -0.39 is 5.60 Å². The van der Waals surface area contributed by atoms with Crippen LogP contribution in [0.1, 0.15) is 47.0 Å². The van der Waals surface area contributed by atoms with Gasteiger partial charge in [-0.1, -0.05) is 6.42 Å². The van der Waals surface area contributed by atoms with Crippen LogP contribution in [0, 0.1) is 5.92 Å². The number of ether oxygens (including phenoxy) is 1. The summed E-state index contributed by atoms with van der Waals surface area (Å²) in [7, 11) is 0. The smallest absolute Gasteiger partial charge is 0.407 e. The molecule has 0 heterocycles. The molecule has 0 radical (unpaired) electrons. The molecule has 0 aromatic rings. The molecule has 1 fully saturated rings. The van der Waals surface area contributed by atoms with Crippen molar-refractivity contribution in [2.24, 2.45) is 11.7 Å². The van der Waals surface area contributed by atoms with Crippen molar-refractivity contribution >= 4 is 6.09 Å². The largest absolute Gasteiger partial charge is 0.444 e. The van der Waals surface area contributed by atoms with Crippen LogP contribution in [-0.4, -0.2) is 23.8 Å². The average molecular weight is 228 g/mol. The molecule has 1 amide bonds. The SMILES string of the molecule is CC(C)(C)OC(=O)NCC(C)(N)C1CCC1. The summed E-state index contributed by atoms with van der Waals surface area (Å²) in [4.78, 5) is 11.4. The molecule has 1 atom stereocenters. The summed E-state index contributed by atoms with van der Waals surface area (Å²) in [5.41, 5.74) is 5.40. The van der Waals surface area contributed by atoms with Gasteiger partial charge in [-0.25, -0.2) is 4.79 Å². The molecular formula is C12H24N2O2. The zero-order valence-corrected chi connectivity index (χ0v) is 10.8. The lowest BCUT2D eigenvalue weighted by molar-refractivity contribution is 0.0497. The minimum absolute atomic E-state index is 0.310. The van der Waals surface area contributed by atoms with Crippen LogP contribution in [0.3, 0.4) is 0 Å². The molecule has 1 rings (SSSR count). The molecule has 0 aromatic carbocycles. The standard InChI is InChI=1S/C12H24N2O2/c1-11(2,3)16-10(15)14-8-12(4,13)9-6-5-7-9/h9H,5-8,13H2,1-4H3,(H,14,15). The number of carbonyl (C=O) groups is 1. The van der Waals surface area contributed by atoms with Gasteiger partial charge in [0.15, 0.2) is 0 Å². The van der Waals surface area contributed by atoms with Crippen molar-refractivity contribution < 1.29 is 9.53 Å². The Hall–Kier alpha value is -0.770. The van der Waals surface area contributed by atoms with E-state index in [-0.39, 0.29) is 11.6 Å². The van der Waals surface area contributed by atoms with Gasteiger partial charge in [0.25, 0.3) is 0 Å². The van der Waals surface area contributed by atoms with Gasteiger partial charge in [0, 0.05) is 12.1 Å². The second kappa shape index (κ2) is 4.62. The maximum absolute atomic E-state index is 11.4. The number of hydrogen-bond acceptors (Lipinski definition) is 3. The highest BCUT2D eigenvalue weighted by Crippen LogP contribution is 2.34. The van der Waals surface area contributed by atoms with Gasteiger partial charge < -0.3 is 15.8 Å². The summed E-state index contributed by atoms with van der Waals surface area (Å²) in [6.45, 7) is 8.02. The van der Waals surface area contributed by atoms with Gasteiger partial charge in [0.2, 0.25) is 0 Å². The monoisotopic (exact) mass is 228 g/mol. The minimum atomic E-state index is -0.453. The van der Waals surface area contributed by atoms with E-state index in [0.717, 1.165) is 0 Å². The summed E-state index contributed by atoms with van der Waals surface area (Å²) in [6, 6.07) is 0. The van der Waals surface area contributed by atoms with Crippen LogP contribution in [0.15, 0.2) is 0 Å². The number of nitrogens with two attached hydrogens (primary N) is 1. The lowest BCUT2D eigenvalue weighted by atomic mass is 9.72. The summed E-state index contributed by atoms with van der Waals surface area (Å²) >= 11 is 0. The Kier molecular flexibility index (Phi) is 3.84. The van der Waals surface area contributed by atoms with E-state index in [1.165, 1.54) is 19.3 Å². The molecule has 0 aliphatic heterocycles. The first-order chi connectivity index (χ1) is 7.21. The molecule has 94 valence electrons. The molecule has 4 nitrogen and oxygen atoms in total. The van der Waals surface area contributed by atoms with Crippen molar-refractivity contribution in [1.82, 2.24) is 5.32 Å². The summed E-state index contributed by atoms with van der Waals surface area (Å²) in [5, 5.41) is 2.74. The van der Waals surface area contributed by atoms with E-state index in [1.54, 1.807) is 0 Å². The minimum Gasteiger partial charge on any atom is -0.444 e. The molecule has 1 aliphatic rings. The maximum atomic E-state index is 11.4. The van der Waals surface area contributed by atoms with Crippen LogP contribution in [-0.2, 0) is 4.74 Å². The lowest BCUT2D eigenvalue weighted by Crippen LogP contribution is -2.55. The zero-order chi connectivity index (χ0) is 12.4. The highest BCUT2D eigenvalue weighted by Gasteiger charge is 2.34. The van der Waals surface area contributed by atoms with Crippen molar-refractivity contribution in [3.8, 4) is 0 Å². The topological polar surface area (TPSA) is 64.3 Å². The van der Waals surface area contributed by atoms with Gasteiger partial charge in [-0.05, 0) is 46.5 Å². The predicted molar refractivity (Wildman–Crippen MR) is 64.2 cm³/mol. The molecule has 1 aliphatic carbocycles. The van der Waals surface area contributed by atoms with Crippen molar-refractivity contribution in [2.75, 3.05) is 6.54 Å². The highest BCUT2D eigenvalue weighted by molar-refractivity contribution is 5.67. The fourth-order valence-corrected chi connectivity index (χ4v) is 1.79. The molecule has 16 heavy (non-hydrogen) atoms. The Morgan fingerprint density at radius 1 is 1.38 bits per heavy atom. The maximum Gasteiger partial charge on any atom is 0.407 e. The van der Waals surface area contributed by atoms with E-state index in [2.05, 4.69) is 5.32 Å². The molecule has 3 N–H and O–H groups in total. The molecule has 1 unspecified atom stereocenters. The van der Waals surface area contributed by atoms with Crippen molar-refractivity contribution in [3.05, 3.63) is 0 Å². The molecule has 0 saturated heterocycles. The Balaban J connectivity index is 2.30. The number of nitrogens with one attached hydrogen (secondary N) is 1. The number of amides is 1. The van der Waals surface area contributed by atoms with Crippen LogP contribution in [0.2, 0.25) is 0 Å². The Morgan fingerprint density at radius 3 is 2.31 bits per heavy atom. The zero-order valence-electron chi connectivity index (χ0n) is 10.8.